The first kappa shape index (κ1) is 12.4. The van der Waals surface area contributed by atoms with Gasteiger partial charge in [0.1, 0.15) is 6.04 Å². The molecule has 5 nitrogen and oxygen atoms in total. The SMILES string of the molecule is CC(NC(=O)NC1Cc2ccccc2C1)C(=O)O. The molecule has 0 bridgehead atoms. The molecule has 0 saturated heterocycles. The van der Waals surface area contributed by atoms with Crippen LogP contribution in [-0.2, 0) is 17.6 Å². The molecule has 0 radical (unpaired) electrons. The van der Waals surface area contributed by atoms with Crippen molar-refractivity contribution in [3.63, 3.8) is 0 Å². The molecule has 0 saturated carbocycles. The second-order valence-electron chi connectivity index (χ2n) is 4.55. The maximum atomic E-state index is 11.6. The van der Waals surface area contributed by atoms with Crippen molar-refractivity contribution in [3.8, 4) is 0 Å². The molecule has 0 aromatic heterocycles. The molecular weight excluding hydrogens is 232 g/mol. The van der Waals surface area contributed by atoms with E-state index in [0.29, 0.717) is 0 Å². The average Bonchev–Trinajstić information content (AvgIpc) is 2.70. The van der Waals surface area contributed by atoms with Gasteiger partial charge in [-0.15, -0.1) is 0 Å². The summed E-state index contributed by atoms with van der Waals surface area (Å²) in [5, 5.41) is 13.9. The van der Waals surface area contributed by atoms with Crippen molar-refractivity contribution in [3.05, 3.63) is 35.4 Å². The van der Waals surface area contributed by atoms with Crippen LogP contribution in [0.1, 0.15) is 18.1 Å². The van der Waals surface area contributed by atoms with Gasteiger partial charge < -0.3 is 15.7 Å². The van der Waals surface area contributed by atoms with E-state index in [1.165, 1.54) is 18.1 Å². The van der Waals surface area contributed by atoms with E-state index in [9.17, 15) is 9.59 Å². The zero-order chi connectivity index (χ0) is 13.1. The average molecular weight is 248 g/mol. The number of rotatable bonds is 3. The summed E-state index contributed by atoms with van der Waals surface area (Å²) in [4.78, 5) is 22.2. The van der Waals surface area contributed by atoms with Gasteiger partial charge in [-0.3, -0.25) is 4.79 Å². The van der Waals surface area contributed by atoms with Crippen LogP contribution in [0.25, 0.3) is 0 Å². The second-order valence-corrected chi connectivity index (χ2v) is 4.55. The fourth-order valence-electron chi connectivity index (χ4n) is 2.15. The van der Waals surface area contributed by atoms with E-state index in [2.05, 4.69) is 22.8 Å². The number of amides is 2. The van der Waals surface area contributed by atoms with Gasteiger partial charge in [0.15, 0.2) is 0 Å². The number of carbonyl (C=O) groups excluding carboxylic acids is 1. The number of carboxylic acid groups (broad SMARTS) is 1. The van der Waals surface area contributed by atoms with Gasteiger partial charge in [0.2, 0.25) is 0 Å². The van der Waals surface area contributed by atoms with Crippen molar-refractivity contribution < 1.29 is 14.7 Å². The molecular formula is C13H16N2O3. The van der Waals surface area contributed by atoms with Gasteiger partial charge in [-0.05, 0) is 30.9 Å². The number of benzene rings is 1. The van der Waals surface area contributed by atoms with Crippen molar-refractivity contribution in [2.24, 2.45) is 0 Å². The highest BCUT2D eigenvalue weighted by atomic mass is 16.4. The predicted octanol–water partition coefficient (Wildman–Crippen LogP) is 0.926. The molecule has 1 aromatic rings. The van der Waals surface area contributed by atoms with Crippen LogP contribution in [0.15, 0.2) is 24.3 Å². The van der Waals surface area contributed by atoms with Crippen LogP contribution in [0.4, 0.5) is 4.79 Å². The number of carboxylic acids is 1. The topological polar surface area (TPSA) is 78.4 Å². The maximum Gasteiger partial charge on any atom is 0.325 e. The molecule has 0 heterocycles. The standard InChI is InChI=1S/C13H16N2O3/c1-8(12(16)17)14-13(18)15-11-6-9-4-2-3-5-10(9)7-11/h2-5,8,11H,6-7H2,1H3,(H,16,17)(H2,14,15,18). The first-order chi connectivity index (χ1) is 8.56. The molecule has 2 amide bonds. The lowest BCUT2D eigenvalue weighted by Gasteiger charge is -2.15. The largest absolute Gasteiger partial charge is 0.480 e. The molecule has 1 aromatic carbocycles. The molecule has 1 unspecified atom stereocenters. The highest BCUT2D eigenvalue weighted by Gasteiger charge is 2.23. The van der Waals surface area contributed by atoms with Crippen LogP contribution in [0, 0.1) is 0 Å². The lowest BCUT2D eigenvalue weighted by molar-refractivity contribution is -0.138. The van der Waals surface area contributed by atoms with E-state index in [1.807, 2.05) is 12.1 Å². The van der Waals surface area contributed by atoms with Gasteiger partial charge in [-0.25, -0.2) is 4.79 Å². The third-order valence-electron chi connectivity index (χ3n) is 3.10. The number of aliphatic carboxylic acids is 1. The van der Waals surface area contributed by atoms with Gasteiger partial charge in [-0.2, -0.15) is 0 Å². The summed E-state index contributed by atoms with van der Waals surface area (Å²) < 4.78 is 0. The molecule has 1 aliphatic rings. The minimum atomic E-state index is -1.04. The van der Waals surface area contributed by atoms with Crippen molar-refractivity contribution in [2.45, 2.75) is 31.8 Å². The molecule has 0 fully saturated rings. The molecule has 0 aliphatic heterocycles. The second kappa shape index (κ2) is 5.08. The smallest absolute Gasteiger partial charge is 0.325 e. The first-order valence-electron chi connectivity index (χ1n) is 5.93. The molecule has 18 heavy (non-hydrogen) atoms. The van der Waals surface area contributed by atoms with Crippen molar-refractivity contribution in [2.75, 3.05) is 0 Å². The molecule has 96 valence electrons. The van der Waals surface area contributed by atoms with Crippen molar-refractivity contribution in [1.29, 1.82) is 0 Å². The summed E-state index contributed by atoms with van der Waals surface area (Å²) in [6.07, 6.45) is 1.59. The van der Waals surface area contributed by atoms with E-state index in [1.54, 1.807) is 0 Å². The predicted molar refractivity (Wildman–Crippen MR) is 66.4 cm³/mol. The molecule has 2 rings (SSSR count). The third kappa shape index (κ3) is 2.80. The Hall–Kier alpha value is -2.04. The highest BCUT2D eigenvalue weighted by molar-refractivity contribution is 5.82. The summed E-state index contributed by atoms with van der Waals surface area (Å²) >= 11 is 0. The van der Waals surface area contributed by atoms with Gasteiger partial charge >= 0.3 is 12.0 Å². The zero-order valence-electron chi connectivity index (χ0n) is 10.1. The molecule has 5 heteroatoms. The van der Waals surface area contributed by atoms with Crippen molar-refractivity contribution >= 4 is 12.0 Å². The molecule has 3 N–H and O–H groups in total. The van der Waals surface area contributed by atoms with E-state index >= 15 is 0 Å². The summed E-state index contributed by atoms with van der Waals surface area (Å²) in [6.45, 7) is 1.44. The van der Waals surface area contributed by atoms with Crippen LogP contribution in [-0.4, -0.2) is 29.2 Å². The van der Waals surface area contributed by atoms with Crippen LogP contribution >= 0.6 is 0 Å². The number of carbonyl (C=O) groups is 2. The third-order valence-corrected chi connectivity index (χ3v) is 3.10. The minimum absolute atomic E-state index is 0.0448. The number of hydrogen-bond acceptors (Lipinski definition) is 2. The highest BCUT2D eigenvalue weighted by Crippen LogP contribution is 2.21. The fourth-order valence-corrected chi connectivity index (χ4v) is 2.15. The van der Waals surface area contributed by atoms with Gasteiger partial charge in [-0.1, -0.05) is 24.3 Å². The van der Waals surface area contributed by atoms with Crippen LogP contribution in [0.3, 0.4) is 0 Å². The van der Waals surface area contributed by atoms with Crippen LogP contribution < -0.4 is 10.6 Å². The lowest BCUT2D eigenvalue weighted by Crippen LogP contribution is -2.48. The Balaban J connectivity index is 1.86. The Morgan fingerprint density at radius 2 is 1.83 bits per heavy atom. The van der Waals surface area contributed by atoms with E-state index in [4.69, 9.17) is 5.11 Å². The minimum Gasteiger partial charge on any atom is -0.480 e. The Labute approximate surface area is 105 Å². The number of nitrogens with one attached hydrogen (secondary N) is 2. The summed E-state index contributed by atoms with van der Waals surface area (Å²) in [6, 6.07) is 6.80. The Morgan fingerprint density at radius 3 is 2.33 bits per heavy atom. The fraction of sp³-hybridized carbons (Fsp3) is 0.385. The normalized spacial score (nSPS) is 15.8. The number of hydrogen-bond donors (Lipinski definition) is 3. The van der Waals surface area contributed by atoms with E-state index in [-0.39, 0.29) is 6.04 Å². The number of fused-ring (bicyclic) bond motifs is 1. The van der Waals surface area contributed by atoms with Crippen LogP contribution in [0.5, 0.6) is 0 Å². The lowest BCUT2D eigenvalue weighted by atomic mass is 10.1. The van der Waals surface area contributed by atoms with Gasteiger partial charge in [0.25, 0.3) is 0 Å². The van der Waals surface area contributed by atoms with E-state index < -0.39 is 18.0 Å². The van der Waals surface area contributed by atoms with Crippen LogP contribution in [0.2, 0.25) is 0 Å². The quantitative estimate of drug-likeness (QED) is 0.744. The van der Waals surface area contributed by atoms with Gasteiger partial charge in [0.05, 0.1) is 0 Å². The Morgan fingerprint density at radius 1 is 1.28 bits per heavy atom. The molecule has 1 aliphatic carbocycles. The molecule has 0 spiro atoms. The Bertz CT molecular complexity index is 448. The summed E-state index contributed by atoms with van der Waals surface area (Å²) in [7, 11) is 0. The van der Waals surface area contributed by atoms with Crippen molar-refractivity contribution in [1.82, 2.24) is 10.6 Å². The monoisotopic (exact) mass is 248 g/mol. The zero-order valence-corrected chi connectivity index (χ0v) is 10.1. The Kier molecular flexibility index (Phi) is 3.50. The summed E-state index contributed by atoms with van der Waals surface area (Å²) in [5.41, 5.74) is 2.49. The maximum absolute atomic E-state index is 11.6. The summed E-state index contributed by atoms with van der Waals surface area (Å²) in [5.74, 6) is -1.04. The number of urea groups is 1. The molecule has 1 atom stereocenters. The van der Waals surface area contributed by atoms with E-state index in [0.717, 1.165) is 12.8 Å². The van der Waals surface area contributed by atoms with Gasteiger partial charge in [0, 0.05) is 6.04 Å². The first-order valence-corrected chi connectivity index (χ1v) is 5.93.